The number of benzene rings is 1. The van der Waals surface area contributed by atoms with Crippen LogP contribution < -0.4 is 5.32 Å². The number of carboxylic acids is 1. The van der Waals surface area contributed by atoms with Crippen LogP contribution in [0, 0.1) is 5.82 Å². The molecule has 0 saturated carbocycles. The quantitative estimate of drug-likeness (QED) is 0.551. The van der Waals surface area contributed by atoms with E-state index >= 15 is 0 Å². The van der Waals surface area contributed by atoms with Gasteiger partial charge in [-0.25, -0.2) is 9.18 Å². The first-order chi connectivity index (χ1) is 15.5. The number of aromatic nitrogens is 4. The first kappa shape index (κ1) is 23.1. The van der Waals surface area contributed by atoms with Crippen LogP contribution in [0.2, 0.25) is 0 Å². The van der Waals surface area contributed by atoms with Gasteiger partial charge in [0.05, 0.1) is 5.69 Å². The van der Waals surface area contributed by atoms with E-state index in [0.29, 0.717) is 29.4 Å². The van der Waals surface area contributed by atoms with Crippen molar-refractivity contribution >= 4 is 16.9 Å². The number of fused-ring (bicyclic) bond motifs is 3. The third kappa shape index (κ3) is 4.70. The van der Waals surface area contributed by atoms with Crippen molar-refractivity contribution < 1.29 is 32.0 Å². The summed E-state index contributed by atoms with van der Waals surface area (Å²) in [5.41, 5.74) is 1.25. The molecule has 2 atom stereocenters. The van der Waals surface area contributed by atoms with Gasteiger partial charge < -0.3 is 14.9 Å². The van der Waals surface area contributed by atoms with Crippen molar-refractivity contribution in [1.82, 2.24) is 25.2 Å². The van der Waals surface area contributed by atoms with Crippen molar-refractivity contribution in [3.8, 4) is 5.95 Å². The van der Waals surface area contributed by atoms with Crippen molar-refractivity contribution in [1.29, 1.82) is 0 Å². The molecule has 2 bridgehead atoms. The van der Waals surface area contributed by atoms with E-state index in [2.05, 4.69) is 20.6 Å². The number of carbonyl (C=O) groups is 1. The van der Waals surface area contributed by atoms with Crippen LogP contribution in [0.4, 0.5) is 17.6 Å². The Morgan fingerprint density at radius 1 is 1.24 bits per heavy atom. The van der Waals surface area contributed by atoms with Gasteiger partial charge in [-0.2, -0.15) is 27.9 Å². The second-order valence-electron chi connectivity index (χ2n) is 8.63. The Labute approximate surface area is 186 Å². The zero-order chi connectivity index (χ0) is 23.9. The van der Waals surface area contributed by atoms with E-state index in [0.717, 1.165) is 23.9 Å². The van der Waals surface area contributed by atoms with Crippen LogP contribution in [0.3, 0.4) is 0 Å². The highest BCUT2D eigenvalue weighted by molar-refractivity contribution is 5.84. The van der Waals surface area contributed by atoms with Gasteiger partial charge in [-0.15, -0.1) is 0 Å². The van der Waals surface area contributed by atoms with Crippen molar-refractivity contribution in [3.63, 3.8) is 0 Å². The molecule has 33 heavy (non-hydrogen) atoms. The fourth-order valence-corrected chi connectivity index (χ4v) is 4.46. The number of carboxylic acid groups (broad SMARTS) is 1. The van der Waals surface area contributed by atoms with Gasteiger partial charge in [-0.1, -0.05) is 26.0 Å². The molecule has 0 spiro atoms. The molecule has 2 saturated heterocycles. The van der Waals surface area contributed by atoms with E-state index in [4.69, 9.17) is 14.4 Å². The number of rotatable bonds is 3. The van der Waals surface area contributed by atoms with Gasteiger partial charge in [0.25, 0.3) is 5.95 Å². The lowest BCUT2D eigenvalue weighted by Crippen LogP contribution is -2.37. The molecule has 12 heteroatoms. The molecule has 2 N–H and O–H groups in total. The first-order valence-electron chi connectivity index (χ1n) is 10.6. The van der Waals surface area contributed by atoms with Crippen molar-refractivity contribution in [3.05, 3.63) is 35.6 Å². The molecule has 8 nitrogen and oxygen atoms in total. The Hall–Kier alpha value is -3.02. The van der Waals surface area contributed by atoms with E-state index in [-0.39, 0.29) is 17.7 Å². The second-order valence-corrected chi connectivity index (χ2v) is 8.63. The van der Waals surface area contributed by atoms with E-state index in [9.17, 15) is 17.6 Å². The van der Waals surface area contributed by atoms with E-state index < -0.39 is 12.1 Å². The summed E-state index contributed by atoms with van der Waals surface area (Å²) in [6.45, 7) is 4.09. The van der Waals surface area contributed by atoms with Gasteiger partial charge in [-0.05, 0) is 42.8 Å². The lowest BCUT2D eigenvalue weighted by Gasteiger charge is -2.26. The molecule has 0 aliphatic carbocycles. The summed E-state index contributed by atoms with van der Waals surface area (Å²) >= 11 is 0. The van der Waals surface area contributed by atoms with Crippen LogP contribution in [0.1, 0.15) is 63.0 Å². The Kier molecular flexibility index (Phi) is 6.12. The van der Waals surface area contributed by atoms with Crippen molar-refractivity contribution in [2.75, 3.05) is 0 Å². The monoisotopic (exact) mass is 469 g/mol. The minimum atomic E-state index is -5.08. The normalized spacial score (nSPS) is 22.5. The Morgan fingerprint density at radius 3 is 2.45 bits per heavy atom. The van der Waals surface area contributed by atoms with E-state index in [1.54, 1.807) is 6.07 Å². The summed E-state index contributed by atoms with van der Waals surface area (Å²) in [4.78, 5) is 13.5. The Bertz CT molecular complexity index is 1140. The summed E-state index contributed by atoms with van der Waals surface area (Å²) in [6.07, 6.45) is -0.614. The number of hydrogen-bond acceptors (Lipinski definition) is 6. The van der Waals surface area contributed by atoms with Crippen LogP contribution >= 0.6 is 0 Å². The van der Waals surface area contributed by atoms with E-state index in [1.807, 2.05) is 19.9 Å². The largest absolute Gasteiger partial charge is 0.490 e. The number of alkyl halides is 3. The third-order valence-electron chi connectivity index (χ3n) is 5.91. The third-order valence-corrected chi connectivity index (χ3v) is 5.91. The highest BCUT2D eigenvalue weighted by Crippen LogP contribution is 2.37. The number of piperidine rings is 1. The smallest absolute Gasteiger partial charge is 0.475 e. The first-order valence-corrected chi connectivity index (χ1v) is 10.6. The number of para-hydroxylation sites is 1. The Balaban J connectivity index is 0.000000325. The van der Waals surface area contributed by atoms with Gasteiger partial charge in [0.15, 0.2) is 0 Å². The standard InChI is InChI=1S/C19H22FN5O.C2HF3O2/c1-10(2)16-14-4-3-5-15(20)17(14)25(23-16)19-22-18(26-24-19)11-8-12-6-7-13(9-11)21-12;3-2(4,5)1(6)7/h3-5,10-13,21H,6-9H2,1-2H3;(H,6,7). The fourth-order valence-electron chi connectivity index (χ4n) is 4.46. The number of hydrogen-bond donors (Lipinski definition) is 2. The highest BCUT2D eigenvalue weighted by atomic mass is 19.4. The van der Waals surface area contributed by atoms with Gasteiger partial charge >= 0.3 is 12.1 Å². The summed E-state index contributed by atoms with van der Waals surface area (Å²) in [5, 5.41) is 20.3. The minimum Gasteiger partial charge on any atom is -0.475 e. The predicted octanol–water partition coefficient (Wildman–Crippen LogP) is 4.30. The summed E-state index contributed by atoms with van der Waals surface area (Å²) in [5.74, 6) is -1.68. The lowest BCUT2D eigenvalue weighted by molar-refractivity contribution is -0.192. The van der Waals surface area contributed by atoms with Gasteiger partial charge in [-0.3, -0.25) is 0 Å². The average Bonchev–Trinajstić information content (AvgIpc) is 3.45. The van der Waals surface area contributed by atoms with E-state index in [1.165, 1.54) is 23.6 Å². The maximum atomic E-state index is 14.5. The molecule has 2 aliphatic rings. The number of nitrogens with one attached hydrogen (secondary N) is 1. The summed E-state index contributed by atoms with van der Waals surface area (Å²) in [6, 6.07) is 6.13. The fraction of sp³-hybridized carbons (Fsp3) is 0.524. The summed E-state index contributed by atoms with van der Waals surface area (Å²) in [7, 11) is 0. The van der Waals surface area contributed by atoms with Crippen LogP contribution in [0.25, 0.3) is 16.9 Å². The molecule has 4 heterocycles. The average molecular weight is 469 g/mol. The SMILES string of the molecule is CC(C)c1nn(-c2noc(C3CC4CCC(C3)N4)n2)c2c(F)cccc12.O=C(O)C(F)(F)F. The molecule has 1 aromatic carbocycles. The molecule has 178 valence electrons. The Morgan fingerprint density at radius 2 is 1.88 bits per heavy atom. The van der Waals surface area contributed by atoms with Crippen molar-refractivity contribution in [2.24, 2.45) is 0 Å². The molecular formula is C21H23F4N5O3. The van der Waals surface area contributed by atoms with Gasteiger partial charge in [0.1, 0.15) is 11.3 Å². The topological polar surface area (TPSA) is 106 Å². The predicted molar refractivity (Wildman–Crippen MR) is 109 cm³/mol. The maximum absolute atomic E-state index is 14.5. The highest BCUT2D eigenvalue weighted by Gasteiger charge is 2.38. The summed E-state index contributed by atoms with van der Waals surface area (Å²) < 4.78 is 53.3. The number of nitrogens with zero attached hydrogens (tertiary/aromatic N) is 4. The molecule has 2 fully saturated rings. The van der Waals surface area contributed by atoms with Gasteiger partial charge in [0, 0.05) is 23.4 Å². The van der Waals surface area contributed by atoms with Crippen LogP contribution in [0.15, 0.2) is 22.7 Å². The number of aliphatic carboxylic acids is 1. The zero-order valence-electron chi connectivity index (χ0n) is 17.9. The second kappa shape index (κ2) is 8.73. The van der Waals surface area contributed by atoms with Crippen LogP contribution in [-0.2, 0) is 4.79 Å². The number of halogens is 4. The lowest BCUT2D eigenvalue weighted by atomic mass is 9.92. The molecule has 2 unspecified atom stereocenters. The molecule has 0 radical (unpaired) electrons. The minimum absolute atomic E-state index is 0.173. The molecular weight excluding hydrogens is 446 g/mol. The molecule has 2 aromatic heterocycles. The molecule has 2 aliphatic heterocycles. The van der Waals surface area contributed by atoms with Crippen LogP contribution in [0.5, 0.6) is 0 Å². The van der Waals surface area contributed by atoms with Crippen molar-refractivity contribution in [2.45, 2.75) is 69.6 Å². The van der Waals surface area contributed by atoms with Crippen LogP contribution in [-0.4, -0.2) is 49.3 Å². The molecule has 5 rings (SSSR count). The zero-order valence-corrected chi connectivity index (χ0v) is 17.9. The maximum Gasteiger partial charge on any atom is 0.490 e. The van der Waals surface area contributed by atoms with Gasteiger partial charge in [0.2, 0.25) is 5.89 Å². The molecule has 3 aromatic rings. The molecule has 0 amide bonds.